The molecule has 0 bridgehead atoms. The lowest BCUT2D eigenvalue weighted by atomic mass is 10.2. The van der Waals surface area contributed by atoms with Crippen molar-refractivity contribution in [2.24, 2.45) is 0 Å². The van der Waals surface area contributed by atoms with Crippen LogP contribution in [0, 0.1) is 0 Å². The zero-order valence-corrected chi connectivity index (χ0v) is 18.0. The van der Waals surface area contributed by atoms with Gasteiger partial charge in [0.1, 0.15) is 11.6 Å². The van der Waals surface area contributed by atoms with Crippen LogP contribution in [0.1, 0.15) is 35.6 Å². The Labute approximate surface area is 186 Å². The standard InChI is InChI=1S/C25H24ClN3O2/c1-18(27-25(30)19-9-7-10-20(26)17-19)24-28-22-13-5-6-14-23(22)29(24)15-8-16-31-21-11-3-2-4-12-21/h2-7,9-14,17-18H,8,15-16H2,1H3,(H,27,30). The Morgan fingerprint density at radius 2 is 1.84 bits per heavy atom. The molecule has 1 N–H and O–H groups in total. The summed E-state index contributed by atoms with van der Waals surface area (Å²) in [5.41, 5.74) is 2.48. The van der Waals surface area contributed by atoms with E-state index in [1.165, 1.54) is 0 Å². The Morgan fingerprint density at radius 3 is 2.65 bits per heavy atom. The first-order valence-corrected chi connectivity index (χ1v) is 10.7. The van der Waals surface area contributed by atoms with E-state index >= 15 is 0 Å². The van der Waals surface area contributed by atoms with Crippen molar-refractivity contribution >= 4 is 28.5 Å². The van der Waals surface area contributed by atoms with Crippen molar-refractivity contribution in [2.75, 3.05) is 6.61 Å². The first-order chi connectivity index (χ1) is 15.1. The largest absolute Gasteiger partial charge is 0.494 e. The maximum absolute atomic E-state index is 12.7. The molecule has 0 saturated heterocycles. The minimum Gasteiger partial charge on any atom is -0.494 e. The molecule has 1 atom stereocenters. The van der Waals surface area contributed by atoms with Crippen molar-refractivity contribution in [1.82, 2.24) is 14.9 Å². The summed E-state index contributed by atoms with van der Waals surface area (Å²) in [7, 11) is 0. The molecule has 0 aliphatic heterocycles. The van der Waals surface area contributed by atoms with Crippen LogP contribution in [0.4, 0.5) is 0 Å². The van der Waals surface area contributed by atoms with Crippen molar-refractivity contribution in [2.45, 2.75) is 25.9 Å². The van der Waals surface area contributed by atoms with Gasteiger partial charge in [-0.05, 0) is 55.8 Å². The fourth-order valence-corrected chi connectivity index (χ4v) is 3.75. The fourth-order valence-electron chi connectivity index (χ4n) is 3.56. The van der Waals surface area contributed by atoms with Gasteiger partial charge in [0.15, 0.2) is 0 Å². The van der Waals surface area contributed by atoms with Gasteiger partial charge in [-0.25, -0.2) is 4.98 Å². The minimum atomic E-state index is -0.270. The molecule has 0 spiro atoms. The van der Waals surface area contributed by atoms with Gasteiger partial charge >= 0.3 is 0 Å². The number of amides is 1. The molecule has 5 nitrogen and oxygen atoms in total. The zero-order chi connectivity index (χ0) is 21.6. The summed E-state index contributed by atoms with van der Waals surface area (Å²) in [4.78, 5) is 17.5. The zero-order valence-electron chi connectivity index (χ0n) is 17.3. The molecule has 1 unspecified atom stereocenters. The van der Waals surface area contributed by atoms with Crippen LogP contribution in [0.15, 0.2) is 78.9 Å². The van der Waals surface area contributed by atoms with Gasteiger partial charge in [0.05, 0.1) is 23.7 Å². The summed E-state index contributed by atoms with van der Waals surface area (Å²) in [6, 6.07) is 24.4. The van der Waals surface area contributed by atoms with Crippen LogP contribution < -0.4 is 10.1 Å². The average molecular weight is 434 g/mol. The normalized spacial score (nSPS) is 11.9. The second-order valence-corrected chi connectivity index (χ2v) is 7.77. The van der Waals surface area contributed by atoms with E-state index < -0.39 is 0 Å². The number of aryl methyl sites for hydroxylation is 1. The van der Waals surface area contributed by atoms with Gasteiger partial charge in [0, 0.05) is 17.1 Å². The van der Waals surface area contributed by atoms with Gasteiger partial charge in [-0.1, -0.05) is 48.0 Å². The first kappa shape index (κ1) is 20.9. The lowest BCUT2D eigenvalue weighted by molar-refractivity contribution is 0.0937. The molecule has 1 amide bonds. The molecule has 4 rings (SSSR count). The van der Waals surface area contributed by atoms with Gasteiger partial charge < -0.3 is 14.6 Å². The Balaban J connectivity index is 1.49. The molecule has 0 aliphatic carbocycles. The molecule has 0 saturated carbocycles. The molecular weight excluding hydrogens is 410 g/mol. The number of hydrogen-bond donors (Lipinski definition) is 1. The monoisotopic (exact) mass is 433 g/mol. The average Bonchev–Trinajstić information content (AvgIpc) is 3.16. The summed E-state index contributed by atoms with van der Waals surface area (Å²) in [5.74, 6) is 1.50. The summed E-state index contributed by atoms with van der Waals surface area (Å²) in [6.07, 6.45) is 0.817. The van der Waals surface area contributed by atoms with E-state index in [-0.39, 0.29) is 11.9 Å². The van der Waals surface area contributed by atoms with E-state index in [2.05, 4.69) is 16.0 Å². The fraction of sp³-hybridized carbons (Fsp3) is 0.200. The number of fused-ring (bicyclic) bond motifs is 1. The van der Waals surface area contributed by atoms with Gasteiger partial charge in [0.2, 0.25) is 0 Å². The van der Waals surface area contributed by atoms with E-state index in [4.69, 9.17) is 21.3 Å². The highest BCUT2D eigenvalue weighted by Crippen LogP contribution is 2.22. The lowest BCUT2D eigenvalue weighted by Gasteiger charge is -2.17. The summed E-state index contributed by atoms with van der Waals surface area (Å²) < 4.78 is 7.99. The van der Waals surface area contributed by atoms with Crippen LogP contribution in [0.2, 0.25) is 5.02 Å². The van der Waals surface area contributed by atoms with Crippen molar-refractivity contribution < 1.29 is 9.53 Å². The van der Waals surface area contributed by atoms with Crippen LogP contribution in [0.25, 0.3) is 11.0 Å². The molecule has 0 aliphatic rings. The van der Waals surface area contributed by atoms with Crippen LogP contribution in [-0.2, 0) is 6.54 Å². The minimum absolute atomic E-state index is 0.180. The number of carbonyl (C=O) groups excluding carboxylic acids is 1. The van der Waals surface area contributed by atoms with Crippen molar-refractivity contribution in [3.63, 3.8) is 0 Å². The molecule has 158 valence electrons. The van der Waals surface area contributed by atoms with Gasteiger partial charge in [-0.15, -0.1) is 0 Å². The summed E-state index contributed by atoms with van der Waals surface area (Å²) in [5, 5.41) is 3.58. The summed E-state index contributed by atoms with van der Waals surface area (Å²) in [6.45, 7) is 3.28. The number of rotatable bonds is 8. The molecule has 0 fully saturated rings. The number of ether oxygens (including phenoxy) is 1. The highest BCUT2D eigenvalue weighted by Gasteiger charge is 2.19. The lowest BCUT2D eigenvalue weighted by Crippen LogP contribution is -2.28. The van der Waals surface area contributed by atoms with E-state index in [9.17, 15) is 4.79 Å². The highest BCUT2D eigenvalue weighted by atomic mass is 35.5. The third-order valence-electron chi connectivity index (χ3n) is 5.04. The van der Waals surface area contributed by atoms with Gasteiger partial charge in [-0.3, -0.25) is 4.79 Å². The first-order valence-electron chi connectivity index (χ1n) is 10.3. The van der Waals surface area contributed by atoms with Crippen LogP contribution >= 0.6 is 11.6 Å². The van der Waals surface area contributed by atoms with E-state index in [0.717, 1.165) is 35.6 Å². The topological polar surface area (TPSA) is 56.2 Å². The third kappa shape index (κ3) is 5.06. The SMILES string of the molecule is CC(NC(=O)c1cccc(Cl)c1)c1nc2ccccc2n1CCCOc1ccccc1. The van der Waals surface area contributed by atoms with Gasteiger partial charge in [0.25, 0.3) is 5.91 Å². The Hall–Kier alpha value is -3.31. The Morgan fingerprint density at radius 1 is 1.06 bits per heavy atom. The predicted molar refractivity (Wildman–Crippen MR) is 124 cm³/mol. The van der Waals surface area contributed by atoms with E-state index in [1.807, 2.05) is 55.5 Å². The van der Waals surface area contributed by atoms with Crippen molar-refractivity contribution in [1.29, 1.82) is 0 Å². The number of halogens is 1. The Kier molecular flexibility index (Phi) is 6.53. The van der Waals surface area contributed by atoms with Crippen molar-refractivity contribution in [3.8, 4) is 5.75 Å². The number of nitrogens with zero attached hydrogens (tertiary/aromatic N) is 2. The maximum Gasteiger partial charge on any atom is 0.251 e. The molecular formula is C25H24ClN3O2. The second kappa shape index (κ2) is 9.67. The van der Waals surface area contributed by atoms with E-state index in [0.29, 0.717) is 17.2 Å². The number of benzene rings is 3. The number of imidazole rings is 1. The molecule has 0 radical (unpaired) electrons. The van der Waals surface area contributed by atoms with Crippen LogP contribution in [0.3, 0.4) is 0 Å². The number of nitrogens with one attached hydrogen (secondary N) is 1. The molecule has 4 aromatic rings. The Bertz CT molecular complexity index is 1170. The van der Waals surface area contributed by atoms with Crippen LogP contribution in [0.5, 0.6) is 5.75 Å². The van der Waals surface area contributed by atoms with Crippen LogP contribution in [-0.4, -0.2) is 22.1 Å². The maximum atomic E-state index is 12.7. The molecule has 1 aromatic heterocycles. The highest BCUT2D eigenvalue weighted by molar-refractivity contribution is 6.30. The quantitative estimate of drug-likeness (QED) is 0.365. The molecule has 31 heavy (non-hydrogen) atoms. The number of para-hydroxylation sites is 3. The van der Waals surface area contributed by atoms with Gasteiger partial charge in [-0.2, -0.15) is 0 Å². The molecule has 1 heterocycles. The summed E-state index contributed by atoms with van der Waals surface area (Å²) >= 11 is 6.03. The number of aromatic nitrogens is 2. The van der Waals surface area contributed by atoms with E-state index in [1.54, 1.807) is 24.3 Å². The second-order valence-electron chi connectivity index (χ2n) is 7.33. The number of hydrogen-bond acceptors (Lipinski definition) is 3. The third-order valence-corrected chi connectivity index (χ3v) is 5.28. The van der Waals surface area contributed by atoms with Crippen molar-refractivity contribution in [3.05, 3.63) is 95.3 Å². The molecule has 3 aromatic carbocycles. The number of carbonyl (C=O) groups is 1. The predicted octanol–water partition coefficient (Wildman–Crippen LogP) is 5.65. The smallest absolute Gasteiger partial charge is 0.251 e. The molecule has 6 heteroatoms.